The summed E-state index contributed by atoms with van der Waals surface area (Å²) in [4.78, 5) is 8.59. The molecule has 0 fully saturated rings. The Bertz CT molecular complexity index is 540. The fourth-order valence-corrected chi connectivity index (χ4v) is 2.31. The maximum absolute atomic E-state index is 5.44. The van der Waals surface area contributed by atoms with E-state index in [1.54, 1.807) is 24.0 Å². The van der Waals surface area contributed by atoms with Crippen LogP contribution in [0.15, 0.2) is 54.3 Å². The van der Waals surface area contributed by atoms with Gasteiger partial charge in [0.15, 0.2) is 5.16 Å². The summed E-state index contributed by atoms with van der Waals surface area (Å²) in [6.07, 6.45) is 3.52. The van der Waals surface area contributed by atoms with E-state index >= 15 is 0 Å². The molecule has 0 unspecified atom stereocenters. The highest BCUT2D eigenvalue weighted by molar-refractivity contribution is 7.98. The topological polar surface area (TPSA) is 35.0 Å². The second-order valence-corrected chi connectivity index (χ2v) is 4.96. The van der Waals surface area contributed by atoms with Crippen molar-refractivity contribution in [3.8, 4) is 5.75 Å². The lowest BCUT2D eigenvalue weighted by Gasteiger charge is -2.05. The molecule has 0 amide bonds. The monoisotopic (exact) mass is 272 g/mol. The van der Waals surface area contributed by atoms with Gasteiger partial charge in [-0.05, 0) is 30.7 Å². The first-order valence-electron chi connectivity index (χ1n) is 6.03. The zero-order chi connectivity index (χ0) is 13.5. The van der Waals surface area contributed by atoms with E-state index in [1.807, 2.05) is 25.1 Å². The quantitative estimate of drug-likeness (QED) is 0.457. The smallest absolute Gasteiger partial charge is 0.188 e. The molecule has 0 saturated heterocycles. The molecule has 1 aromatic heterocycles. The molecular formula is C15H16N2OS. The average molecular weight is 272 g/mol. The molecule has 1 aromatic carbocycles. The van der Waals surface area contributed by atoms with Crippen LogP contribution in [0.4, 0.5) is 0 Å². The summed E-state index contributed by atoms with van der Waals surface area (Å²) in [5, 5.41) is 0.812. The van der Waals surface area contributed by atoms with E-state index in [0.717, 1.165) is 22.4 Å². The van der Waals surface area contributed by atoms with Crippen molar-refractivity contribution >= 4 is 11.8 Å². The van der Waals surface area contributed by atoms with Gasteiger partial charge in [-0.15, -0.1) is 0 Å². The van der Waals surface area contributed by atoms with E-state index < -0.39 is 0 Å². The third-order valence-electron chi connectivity index (χ3n) is 2.43. The van der Waals surface area contributed by atoms with Crippen molar-refractivity contribution in [3.05, 3.63) is 60.4 Å². The first-order valence-corrected chi connectivity index (χ1v) is 7.01. The van der Waals surface area contributed by atoms with Crippen LogP contribution in [-0.2, 0) is 5.75 Å². The van der Waals surface area contributed by atoms with Crippen molar-refractivity contribution in [2.45, 2.75) is 17.8 Å². The van der Waals surface area contributed by atoms with Crippen molar-refractivity contribution in [2.24, 2.45) is 0 Å². The van der Waals surface area contributed by atoms with E-state index in [4.69, 9.17) is 4.74 Å². The number of benzene rings is 1. The van der Waals surface area contributed by atoms with E-state index in [2.05, 4.69) is 28.7 Å². The van der Waals surface area contributed by atoms with Crippen molar-refractivity contribution in [2.75, 3.05) is 6.61 Å². The Kier molecular flexibility index (Phi) is 4.98. The van der Waals surface area contributed by atoms with Gasteiger partial charge in [-0.25, -0.2) is 9.97 Å². The van der Waals surface area contributed by atoms with Crippen LogP contribution in [-0.4, -0.2) is 16.6 Å². The van der Waals surface area contributed by atoms with Crippen LogP contribution < -0.4 is 4.74 Å². The van der Waals surface area contributed by atoms with Crippen molar-refractivity contribution in [1.29, 1.82) is 0 Å². The average Bonchev–Trinajstić information content (AvgIpc) is 2.44. The Morgan fingerprint density at radius 3 is 2.74 bits per heavy atom. The fourth-order valence-electron chi connectivity index (χ4n) is 1.48. The summed E-state index contributed by atoms with van der Waals surface area (Å²) in [7, 11) is 0. The molecule has 19 heavy (non-hydrogen) atoms. The number of thioether (sulfide) groups is 1. The molecule has 0 radical (unpaired) electrons. The van der Waals surface area contributed by atoms with Crippen molar-refractivity contribution in [3.63, 3.8) is 0 Å². The summed E-state index contributed by atoms with van der Waals surface area (Å²) < 4.78 is 5.44. The lowest BCUT2D eigenvalue weighted by molar-refractivity contribution is 0.363. The normalized spacial score (nSPS) is 10.2. The second-order valence-electron chi connectivity index (χ2n) is 4.01. The third-order valence-corrected chi connectivity index (χ3v) is 3.36. The number of aromatic nitrogens is 2. The van der Waals surface area contributed by atoms with Crippen LogP contribution in [0.2, 0.25) is 0 Å². The van der Waals surface area contributed by atoms with Gasteiger partial charge >= 0.3 is 0 Å². The maximum Gasteiger partial charge on any atom is 0.188 e. The molecule has 0 saturated carbocycles. The molecule has 0 atom stereocenters. The minimum Gasteiger partial charge on any atom is -0.490 e. The van der Waals surface area contributed by atoms with Gasteiger partial charge in [-0.2, -0.15) is 0 Å². The highest BCUT2D eigenvalue weighted by Gasteiger charge is 2.00. The Morgan fingerprint density at radius 1 is 1.26 bits per heavy atom. The Balaban J connectivity index is 1.91. The van der Waals surface area contributed by atoms with Gasteiger partial charge in [0.1, 0.15) is 12.4 Å². The number of ether oxygens (including phenoxy) is 1. The van der Waals surface area contributed by atoms with Crippen molar-refractivity contribution in [1.82, 2.24) is 9.97 Å². The maximum atomic E-state index is 5.44. The molecule has 0 bridgehead atoms. The zero-order valence-electron chi connectivity index (χ0n) is 10.9. The standard InChI is InChI=1S/C15H16N2OS/c1-3-10-18-14-6-4-13(5-7-14)11-19-15-16-9-8-12(2)17-15/h3-9H,1,10-11H2,2H3. The number of hydrogen-bond acceptors (Lipinski definition) is 4. The zero-order valence-corrected chi connectivity index (χ0v) is 11.7. The Morgan fingerprint density at radius 2 is 2.05 bits per heavy atom. The highest BCUT2D eigenvalue weighted by atomic mass is 32.2. The molecule has 3 nitrogen and oxygen atoms in total. The molecule has 0 aliphatic heterocycles. The lowest BCUT2D eigenvalue weighted by Crippen LogP contribution is -1.93. The fraction of sp³-hybridized carbons (Fsp3) is 0.200. The van der Waals surface area contributed by atoms with E-state index in [1.165, 1.54) is 5.56 Å². The third kappa shape index (κ3) is 4.41. The molecule has 0 aliphatic carbocycles. The predicted molar refractivity (Wildman–Crippen MR) is 78.5 cm³/mol. The number of rotatable bonds is 6. The van der Waals surface area contributed by atoms with E-state index in [-0.39, 0.29) is 0 Å². The van der Waals surface area contributed by atoms with Crippen molar-refractivity contribution < 1.29 is 4.74 Å². The van der Waals surface area contributed by atoms with Gasteiger partial charge in [0.2, 0.25) is 0 Å². The second kappa shape index (κ2) is 6.95. The molecular weight excluding hydrogens is 256 g/mol. The summed E-state index contributed by atoms with van der Waals surface area (Å²) >= 11 is 1.63. The molecule has 4 heteroatoms. The van der Waals surface area contributed by atoms with Crippen LogP contribution >= 0.6 is 11.8 Å². The summed E-state index contributed by atoms with van der Waals surface area (Å²) in [5.41, 5.74) is 2.21. The highest BCUT2D eigenvalue weighted by Crippen LogP contribution is 2.21. The minimum atomic E-state index is 0.533. The van der Waals surface area contributed by atoms with Gasteiger partial charge in [0, 0.05) is 17.6 Å². The van der Waals surface area contributed by atoms with E-state index in [0.29, 0.717) is 6.61 Å². The van der Waals surface area contributed by atoms with Crippen LogP contribution in [0.1, 0.15) is 11.3 Å². The largest absolute Gasteiger partial charge is 0.490 e. The molecule has 1 heterocycles. The minimum absolute atomic E-state index is 0.533. The Hall–Kier alpha value is -1.81. The molecule has 2 aromatic rings. The molecule has 2 rings (SSSR count). The first-order chi connectivity index (χ1) is 9.28. The van der Waals surface area contributed by atoms with Gasteiger partial charge in [0.05, 0.1) is 0 Å². The first kappa shape index (κ1) is 13.6. The number of nitrogens with zero attached hydrogens (tertiary/aromatic N) is 2. The molecule has 98 valence electrons. The summed E-state index contributed by atoms with van der Waals surface area (Å²) in [5.74, 6) is 1.71. The SMILES string of the molecule is C=CCOc1ccc(CSc2nccc(C)n2)cc1. The lowest BCUT2D eigenvalue weighted by atomic mass is 10.2. The van der Waals surface area contributed by atoms with E-state index in [9.17, 15) is 0 Å². The van der Waals surface area contributed by atoms with Gasteiger partial charge in [-0.1, -0.05) is 36.5 Å². The van der Waals surface area contributed by atoms with Gasteiger partial charge in [0.25, 0.3) is 0 Å². The van der Waals surface area contributed by atoms with Gasteiger partial charge < -0.3 is 4.74 Å². The number of aryl methyl sites for hydroxylation is 1. The number of hydrogen-bond donors (Lipinski definition) is 0. The predicted octanol–water partition coefficient (Wildman–Crippen LogP) is 3.64. The molecule has 0 spiro atoms. The van der Waals surface area contributed by atoms with Crippen LogP contribution in [0.3, 0.4) is 0 Å². The Labute approximate surface area is 117 Å². The van der Waals surface area contributed by atoms with Crippen LogP contribution in [0, 0.1) is 6.92 Å². The molecule has 0 N–H and O–H groups in total. The molecule has 0 aliphatic rings. The summed E-state index contributed by atoms with van der Waals surface area (Å²) in [6.45, 7) is 6.12. The summed E-state index contributed by atoms with van der Waals surface area (Å²) in [6, 6.07) is 9.95. The van der Waals surface area contributed by atoms with Crippen LogP contribution in [0.5, 0.6) is 5.75 Å². The van der Waals surface area contributed by atoms with Gasteiger partial charge in [-0.3, -0.25) is 0 Å². The van der Waals surface area contributed by atoms with Crippen LogP contribution in [0.25, 0.3) is 0 Å².